The molecule has 0 spiro atoms. The summed E-state index contributed by atoms with van der Waals surface area (Å²) in [6.07, 6.45) is 3.50. The number of rotatable bonds is 4. The number of halogens is 1. The fourth-order valence-electron chi connectivity index (χ4n) is 3.05. The van der Waals surface area contributed by atoms with E-state index in [1.807, 2.05) is 12.1 Å². The fraction of sp³-hybridized carbons (Fsp3) is 0.533. The van der Waals surface area contributed by atoms with Gasteiger partial charge < -0.3 is 15.8 Å². The highest BCUT2D eigenvalue weighted by molar-refractivity contribution is 6.34. The van der Waals surface area contributed by atoms with Crippen LogP contribution >= 0.6 is 11.6 Å². The van der Waals surface area contributed by atoms with E-state index in [1.54, 1.807) is 6.07 Å². The molecule has 0 radical (unpaired) electrons. The van der Waals surface area contributed by atoms with Crippen LogP contribution in [0.2, 0.25) is 5.02 Å². The SMILES string of the molecule is CCC1(CC)CCN(c2cccc(Cl)c2/C(N)=N/O)C1. The highest BCUT2D eigenvalue weighted by Crippen LogP contribution is 2.40. The Morgan fingerprint density at radius 1 is 1.45 bits per heavy atom. The van der Waals surface area contributed by atoms with Crippen LogP contribution in [-0.4, -0.2) is 24.1 Å². The number of hydrogen-bond donors (Lipinski definition) is 2. The average molecular weight is 296 g/mol. The molecule has 0 amide bonds. The molecular formula is C15H22ClN3O. The first-order valence-electron chi connectivity index (χ1n) is 7.08. The van der Waals surface area contributed by atoms with Crippen molar-refractivity contribution in [3.63, 3.8) is 0 Å². The van der Waals surface area contributed by atoms with E-state index in [-0.39, 0.29) is 5.84 Å². The van der Waals surface area contributed by atoms with E-state index in [0.717, 1.165) is 18.8 Å². The van der Waals surface area contributed by atoms with Crippen molar-refractivity contribution in [1.82, 2.24) is 0 Å². The number of hydrogen-bond acceptors (Lipinski definition) is 3. The minimum Gasteiger partial charge on any atom is -0.409 e. The lowest BCUT2D eigenvalue weighted by molar-refractivity contribution is 0.301. The van der Waals surface area contributed by atoms with Gasteiger partial charge in [-0.15, -0.1) is 0 Å². The molecule has 1 heterocycles. The molecule has 110 valence electrons. The van der Waals surface area contributed by atoms with Gasteiger partial charge in [-0.3, -0.25) is 0 Å². The van der Waals surface area contributed by atoms with Crippen LogP contribution in [-0.2, 0) is 0 Å². The van der Waals surface area contributed by atoms with Gasteiger partial charge in [0.2, 0.25) is 0 Å². The second-order valence-electron chi connectivity index (χ2n) is 5.50. The molecule has 0 atom stereocenters. The van der Waals surface area contributed by atoms with E-state index in [4.69, 9.17) is 22.5 Å². The van der Waals surface area contributed by atoms with Gasteiger partial charge in [-0.1, -0.05) is 36.7 Å². The minimum absolute atomic E-state index is 0.0658. The van der Waals surface area contributed by atoms with E-state index in [0.29, 0.717) is 16.0 Å². The maximum absolute atomic E-state index is 8.96. The molecule has 0 saturated carbocycles. The average Bonchev–Trinajstić information content (AvgIpc) is 2.91. The number of anilines is 1. The Kier molecular flexibility index (Phi) is 4.43. The monoisotopic (exact) mass is 295 g/mol. The lowest BCUT2D eigenvalue weighted by atomic mass is 9.82. The van der Waals surface area contributed by atoms with Crippen molar-refractivity contribution >= 4 is 23.1 Å². The van der Waals surface area contributed by atoms with Crippen LogP contribution in [0.3, 0.4) is 0 Å². The van der Waals surface area contributed by atoms with Gasteiger partial charge in [-0.2, -0.15) is 0 Å². The molecule has 0 bridgehead atoms. The van der Waals surface area contributed by atoms with Crippen LogP contribution in [0.4, 0.5) is 5.69 Å². The summed E-state index contributed by atoms with van der Waals surface area (Å²) < 4.78 is 0. The van der Waals surface area contributed by atoms with Crippen molar-refractivity contribution in [2.45, 2.75) is 33.1 Å². The minimum atomic E-state index is 0.0658. The van der Waals surface area contributed by atoms with Crippen LogP contribution < -0.4 is 10.6 Å². The van der Waals surface area contributed by atoms with Crippen molar-refractivity contribution in [1.29, 1.82) is 0 Å². The molecule has 0 aromatic heterocycles. The summed E-state index contributed by atoms with van der Waals surface area (Å²) in [6, 6.07) is 5.66. The molecule has 1 fully saturated rings. The van der Waals surface area contributed by atoms with Gasteiger partial charge >= 0.3 is 0 Å². The van der Waals surface area contributed by atoms with E-state index in [9.17, 15) is 0 Å². The van der Waals surface area contributed by atoms with E-state index >= 15 is 0 Å². The predicted octanol–water partition coefficient (Wildman–Crippen LogP) is 3.45. The standard InChI is InChI=1S/C15H22ClN3O/c1-3-15(4-2)8-9-19(10-15)12-7-5-6-11(16)13(12)14(17)18-20/h5-7,20H,3-4,8-10H2,1-2H3,(H2,17,18). The smallest absolute Gasteiger partial charge is 0.173 e. The van der Waals surface area contributed by atoms with Crippen molar-refractivity contribution < 1.29 is 5.21 Å². The highest BCUT2D eigenvalue weighted by Gasteiger charge is 2.36. The summed E-state index contributed by atoms with van der Waals surface area (Å²) in [5.41, 5.74) is 7.73. The van der Waals surface area contributed by atoms with Gasteiger partial charge in [0.25, 0.3) is 0 Å². The van der Waals surface area contributed by atoms with Gasteiger partial charge in [0.15, 0.2) is 5.84 Å². The Morgan fingerprint density at radius 2 is 2.15 bits per heavy atom. The van der Waals surface area contributed by atoms with Crippen molar-refractivity contribution in [2.75, 3.05) is 18.0 Å². The van der Waals surface area contributed by atoms with Crippen molar-refractivity contribution in [3.8, 4) is 0 Å². The molecule has 1 aliphatic heterocycles. The normalized spacial score (nSPS) is 18.6. The molecule has 1 saturated heterocycles. The molecule has 20 heavy (non-hydrogen) atoms. The van der Waals surface area contributed by atoms with Gasteiger partial charge in [0.05, 0.1) is 10.6 Å². The first-order chi connectivity index (χ1) is 9.56. The maximum Gasteiger partial charge on any atom is 0.173 e. The molecule has 2 rings (SSSR count). The van der Waals surface area contributed by atoms with E-state index in [2.05, 4.69) is 23.9 Å². The molecule has 3 N–H and O–H groups in total. The van der Waals surface area contributed by atoms with Gasteiger partial charge in [0.1, 0.15) is 0 Å². The van der Waals surface area contributed by atoms with Gasteiger partial charge in [-0.05, 0) is 36.8 Å². The molecule has 0 aliphatic carbocycles. The molecule has 5 heteroatoms. The number of benzene rings is 1. The Morgan fingerprint density at radius 3 is 2.70 bits per heavy atom. The van der Waals surface area contributed by atoms with E-state index < -0.39 is 0 Å². The van der Waals surface area contributed by atoms with Crippen molar-refractivity contribution in [2.24, 2.45) is 16.3 Å². The van der Waals surface area contributed by atoms with Gasteiger partial charge in [0, 0.05) is 18.8 Å². The van der Waals surface area contributed by atoms with Crippen LogP contribution in [0.5, 0.6) is 0 Å². The molecule has 1 aliphatic rings. The quantitative estimate of drug-likeness (QED) is 0.387. The summed E-state index contributed by atoms with van der Waals surface area (Å²) >= 11 is 6.22. The molecule has 4 nitrogen and oxygen atoms in total. The summed E-state index contributed by atoms with van der Waals surface area (Å²) in [7, 11) is 0. The third-order valence-electron chi connectivity index (χ3n) is 4.63. The predicted molar refractivity (Wildman–Crippen MR) is 83.8 cm³/mol. The first-order valence-corrected chi connectivity index (χ1v) is 7.46. The molecule has 1 aromatic rings. The Balaban J connectivity index is 2.38. The fourth-order valence-corrected chi connectivity index (χ4v) is 3.31. The Labute approximate surface area is 125 Å². The Hall–Kier alpha value is -1.42. The number of oxime groups is 1. The van der Waals surface area contributed by atoms with Crippen LogP contribution in [0.25, 0.3) is 0 Å². The zero-order valence-electron chi connectivity index (χ0n) is 12.1. The second kappa shape index (κ2) is 5.92. The lowest BCUT2D eigenvalue weighted by Crippen LogP contribution is -2.28. The topological polar surface area (TPSA) is 61.8 Å². The maximum atomic E-state index is 8.96. The number of nitrogens with zero attached hydrogens (tertiary/aromatic N) is 2. The van der Waals surface area contributed by atoms with E-state index in [1.165, 1.54) is 19.3 Å². The first kappa shape index (κ1) is 15.0. The van der Waals surface area contributed by atoms with Crippen molar-refractivity contribution in [3.05, 3.63) is 28.8 Å². The number of nitrogens with two attached hydrogens (primary N) is 1. The third-order valence-corrected chi connectivity index (χ3v) is 4.95. The number of amidine groups is 1. The molecule has 0 unspecified atom stereocenters. The third kappa shape index (κ3) is 2.57. The summed E-state index contributed by atoms with van der Waals surface area (Å²) in [6.45, 7) is 6.46. The molecular weight excluding hydrogens is 274 g/mol. The highest BCUT2D eigenvalue weighted by atomic mass is 35.5. The van der Waals surface area contributed by atoms with Gasteiger partial charge in [-0.25, -0.2) is 0 Å². The summed E-state index contributed by atoms with van der Waals surface area (Å²) in [4.78, 5) is 2.30. The summed E-state index contributed by atoms with van der Waals surface area (Å²) in [5.74, 6) is 0.0658. The molecule has 1 aromatic carbocycles. The zero-order chi connectivity index (χ0) is 14.8. The second-order valence-corrected chi connectivity index (χ2v) is 5.91. The summed E-state index contributed by atoms with van der Waals surface area (Å²) in [5, 5.41) is 12.6. The lowest BCUT2D eigenvalue weighted by Gasteiger charge is -2.28. The van der Waals surface area contributed by atoms with Crippen LogP contribution in [0, 0.1) is 5.41 Å². The Bertz CT molecular complexity index is 512. The zero-order valence-corrected chi connectivity index (χ0v) is 12.8. The van der Waals surface area contributed by atoms with Crippen LogP contribution in [0.15, 0.2) is 23.4 Å². The van der Waals surface area contributed by atoms with Crippen LogP contribution in [0.1, 0.15) is 38.7 Å². The largest absolute Gasteiger partial charge is 0.409 e.